The first kappa shape index (κ1) is 34.7. The predicted molar refractivity (Wildman–Crippen MR) is 164 cm³/mol. The van der Waals surface area contributed by atoms with Crippen LogP contribution < -0.4 is 0 Å². The molecule has 4 nitrogen and oxygen atoms in total. The second-order valence-corrected chi connectivity index (χ2v) is 13.5. The Balaban J connectivity index is 0.00000371. The third-order valence-electron chi connectivity index (χ3n) is 8.23. The number of carboxylic acid groups (broad SMARTS) is 1. The molecule has 0 heterocycles. The van der Waals surface area contributed by atoms with Crippen molar-refractivity contribution in [3.05, 3.63) is 70.8 Å². The maximum absolute atomic E-state index is 12.6. The molecule has 2 rings (SSSR count). The van der Waals surface area contributed by atoms with Gasteiger partial charge < -0.3 is 9.84 Å². The van der Waals surface area contributed by atoms with Crippen molar-refractivity contribution in [2.24, 2.45) is 10.8 Å². The minimum atomic E-state index is -0.938. The fourth-order valence-electron chi connectivity index (χ4n) is 6.21. The van der Waals surface area contributed by atoms with Crippen molar-refractivity contribution < 1.29 is 19.4 Å². The van der Waals surface area contributed by atoms with Gasteiger partial charge in [0.05, 0.1) is 11.1 Å². The molecule has 3 unspecified atom stereocenters. The molecule has 0 saturated carbocycles. The molecule has 0 aliphatic rings. The Morgan fingerprint density at radius 1 is 0.795 bits per heavy atom. The number of benzene rings is 2. The summed E-state index contributed by atoms with van der Waals surface area (Å²) in [6.07, 6.45) is 1.84. The number of carbonyl (C=O) groups excluding carboxylic acids is 1. The van der Waals surface area contributed by atoms with Crippen LogP contribution in [0.25, 0.3) is 0 Å². The summed E-state index contributed by atoms with van der Waals surface area (Å²) in [5, 5.41) is 9.39. The van der Waals surface area contributed by atoms with Crippen LogP contribution in [0.15, 0.2) is 48.5 Å². The Kier molecular flexibility index (Phi) is 11.9. The topological polar surface area (TPSA) is 63.6 Å². The van der Waals surface area contributed by atoms with Crippen molar-refractivity contribution in [2.75, 3.05) is 0 Å². The first-order valence-corrected chi connectivity index (χ1v) is 14.6. The molecule has 0 aliphatic carbocycles. The third-order valence-corrected chi connectivity index (χ3v) is 8.45. The molecule has 0 spiro atoms. The van der Waals surface area contributed by atoms with Crippen LogP contribution in [0.4, 0.5) is 0 Å². The summed E-state index contributed by atoms with van der Waals surface area (Å²) in [4.78, 5) is 23.4. The molecular weight excluding hydrogens is 508 g/mol. The smallest absolute Gasteiger partial charge is 0.338 e. The fourth-order valence-corrected chi connectivity index (χ4v) is 6.61. The molecule has 0 bridgehead atoms. The summed E-state index contributed by atoms with van der Waals surface area (Å²) < 4.78 is 5.54. The summed E-state index contributed by atoms with van der Waals surface area (Å²) in [5.74, 6) is -1.10. The summed E-state index contributed by atoms with van der Waals surface area (Å²) in [7, 11) is 0. The molecule has 0 radical (unpaired) electrons. The van der Waals surface area contributed by atoms with E-state index in [0.717, 1.165) is 18.4 Å². The first-order valence-electron chi connectivity index (χ1n) is 14.2. The van der Waals surface area contributed by atoms with Crippen molar-refractivity contribution >= 4 is 23.5 Å². The molecule has 5 heteroatoms. The Hall–Kier alpha value is -2.33. The number of hydrogen-bond acceptors (Lipinski definition) is 3. The van der Waals surface area contributed by atoms with Gasteiger partial charge in [0.25, 0.3) is 0 Å². The number of carboxylic acids is 1. The zero-order chi connectivity index (χ0) is 30.4. The standard InChI is InChI=1S/C32H45ClO4.C2H6/c1-11-25(21-13-19-24(20-14-21)28(36)37-29(3,4)5)32(10,12-2)30(6,7)26(31(8,9)33)22-15-17-23(18-16-22)27(34)35;1-2/h13-20,25-26H,11-12H2,1-10H3,(H,34,35);1-2H3. The number of alkyl halides is 1. The Morgan fingerprint density at radius 3 is 1.59 bits per heavy atom. The van der Waals surface area contributed by atoms with E-state index in [9.17, 15) is 14.7 Å². The quantitative estimate of drug-likeness (QED) is 0.233. The van der Waals surface area contributed by atoms with Gasteiger partial charge in [-0.2, -0.15) is 0 Å². The molecule has 0 amide bonds. The zero-order valence-electron chi connectivity index (χ0n) is 26.2. The number of ether oxygens (including phenoxy) is 1. The Morgan fingerprint density at radius 2 is 1.23 bits per heavy atom. The lowest BCUT2D eigenvalue weighted by atomic mass is 9.49. The first-order chi connectivity index (χ1) is 17.9. The average molecular weight is 559 g/mol. The minimum Gasteiger partial charge on any atom is -0.478 e. The van der Waals surface area contributed by atoms with Crippen molar-refractivity contribution in [3.8, 4) is 0 Å². The zero-order valence-corrected chi connectivity index (χ0v) is 27.0. The molecule has 218 valence electrons. The minimum absolute atomic E-state index is 0.0513. The molecule has 3 atom stereocenters. The maximum atomic E-state index is 12.6. The van der Waals surface area contributed by atoms with Gasteiger partial charge in [0.1, 0.15) is 5.60 Å². The van der Waals surface area contributed by atoms with Gasteiger partial charge in [0.2, 0.25) is 0 Å². The average Bonchev–Trinajstić information content (AvgIpc) is 2.84. The van der Waals surface area contributed by atoms with E-state index < -0.39 is 16.4 Å². The van der Waals surface area contributed by atoms with Crippen LogP contribution in [0.2, 0.25) is 0 Å². The van der Waals surface area contributed by atoms with Crippen LogP contribution in [0.5, 0.6) is 0 Å². The van der Waals surface area contributed by atoms with Crippen LogP contribution in [-0.4, -0.2) is 27.5 Å². The van der Waals surface area contributed by atoms with Gasteiger partial charge in [0.15, 0.2) is 0 Å². The second kappa shape index (κ2) is 13.4. The van der Waals surface area contributed by atoms with Crippen LogP contribution in [-0.2, 0) is 4.74 Å². The summed E-state index contributed by atoms with van der Waals surface area (Å²) in [6.45, 7) is 25.0. The van der Waals surface area contributed by atoms with E-state index in [1.54, 1.807) is 12.1 Å². The predicted octanol–water partition coefficient (Wildman–Crippen LogP) is 10.1. The molecule has 39 heavy (non-hydrogen) atoms. The van der Waals surface area contributed by atoms with Crippen molar-refractivity contribution in [1.29, 1.82) is 0 Å². The van der Waals surface area contributed by atoms with E-state index in [0.29, 0.717) is 5.56 Å². The largest absolute Gasteiger partial charge is 0.478 e. The highest BCUT2D eigenvalue weighted by atomic mass is 35.5. The molecule has 2 aromatic rings. The molecule has 0 aliphatic heterocycles. The molecule has 0 fully saturated rings. The highest BCUT2D eigenvalue weighted by Crippen LogP contribution is 2.61. The Bertz CT molecular complexity index is 1070. The van der Waals surface area contributed by atoms with Gasteiger partial charge in [-0.3, -0.25) is 0 Å². The van der Waals surface area contributed by atoms with Gasteiger partial charge in [-0.15, -0.1) is 11.6 Å². The van der Waals surface area contributed by atoms with E-state index in [1.165, 1.54) is 5.56 Å². The van der Waals surface area contributed by atoms with Gasteiger partial charge in [0, 0.05) is 10.8 Å². The van der Waals surface area contributed by atoms with E-state index in [4.69, 9.17) is 16.3 Å². The molecular formula is C34H51ClO4. The SMILES string of the molecule is CC.CCC(c1ccc(C(=O)OC(C)(C)C)cc1)C(C)(CC)C(C)(C)C(c1ccc(C(=O)O)cc1)C(C)(C)Cl. The highest BCUT2D eigenvalue weighted by Gasteiger charge is 2.53. The lowest BCUT2D eigenvalue weighted by Gasteiger charge is -2.56. The highest BCUT2D eigenvalue weighted by molar-refractivity contribution is 6.24. The van der Waals surface area contributed by atoms with Crippen molar-refractivity contribution in [3.63, 3.8) is 0 Å². The Labute approximate surface area is 242 Å². The summed E-state index contributed by atoms with van der Waals surface area (Å²) in [6, 6.07) is 15.0. The third kappa shape index (κ3) is 8.10. The monoisotopic (exact) mass is 558 g/mol. The number of carbonyl (C=O) groups is 2. The van der Waals surface area contributed by atoms with Crippen molar-refractivity contribution in [1.82, 2.24) is 0 Å². The van der Waals surface area contributed by atoms with E-state index in [2.05, 4.69) is 46.8 Å². The number of rotatable bonds is 10. The van der Waals surface area contributed by atoms with Crippen LogP contribution >= 0.6 is 11.6 Å². The number of aromatic carboxylic acids is 1. The summed E-state index contributed by atoms with van der Waals surface area (Å²) >= 11 is 7.12. The normalized spacial score (nSPS) is 15.3. The molecule has 1 N–H and O–H groups in total. The lowest BCUT2D eigenvalue weighted by molar-refractivity contribution is 0.00677. The van der Waals surface area contributed by atoms with Crippen LogP contribution in [0.3, 0.4) is 0 Å². The van der Waals surface area contributed by atoms with Gasteiger partial charge in [-0.1, -0.05) is 72.7 Å². The van der Waals surface area contributed by atoms with Gasteiger partial charge in [-0.05, 0) is 99.6 Å². The van der Waals surface area contributed by atoms with E-state index in [-0.39, 0.29) is 34.2 Å². The van der Waals surface area contributed by atoms with Gasteiger partial charge >= 0.3 is 11.9 Å². The number of esters is 1. The number of halogens is 1. The van der Waals surface area contributed by atoms with Crippen molar-refractivity contribution in [2.45, 2.75) is 118 Å². The molecule has 0 aromatic heterocycles. The van der Waals surface area contributed by atoms with Crippen LogP contribution in [0.1, 0.15) is 140 Å². The maximum Gasteiger partial charge on any atom is 0.338 e. The van der Waals surface area contributed by atoms with Gasteiger partial charge in [-0.25, -0.2) is 9.59 Å². The number of hydrogen-bond donors (Lipinski definition) is 1. The van der Waals surface area contributed by atoms with E-state index >= 15 is 0 Å². The van der Waals surface area contributed by atoms with E-state index in [1.807, 2.05) is 72.7 Å². The second-order valence-electron chi connectivity index (χ2n) is 12.5. The molecule has 0 saturated heterocycles. The molecule has 2 aromatic carbocycles. The summed E-state index contributed by atoms with van der Waals surface area (Å²) in [5.41, 5.74) is 2.04. The lowest BCUT2D eigenvalue weighted by Crippen LogP contribution is -2.48. The van der Waals surface area contributed by atoms with Crippen LogP contribution in [0, 0.1) is 10.8 Å². The fraction of sp³-hybridized carbons (Fsp3) is 0.588.